The first-order chi connectivity index (χ1) is 6.98. The molecule has 2 rings (SSSR count). The zero-order chi connectivity index (χ0) is 11.1. The highest BCUT2D eigenvalue weighted by atomic mass is 35.5. The second kappa shape index (κ2) is 3.48. The largest absolute Gasteiger partial charge is 0.485 e. The predicted octanol–water partition coefficient (Wildman–Crippen LogP) is 2.49. The topological polar surface area (TPSA) is 48.1 Å². The molecule has 0 radical (unpaired) electrons. The van der Waals surface area contributed by atoms with Crippen LogP contribution in [0.5, 0.6) is 5.75 Å². The minimum Gasteiger partial charge on any atom is -0.485 e. The van der Waals surface area contributed by atoms with Crippen LogP contribution in [0.15, 0.2) is 12.3 Å². The minimum atomic E-state index is -2.62. The average molecular weight is 235 g/mol. The van der Waals surface area contributed by atoms with Crippen molar-refractivity contribution in [3.05, 3.63) is 17.4 Å². The molecule has 3 nitrogen and oxygen atoms in total. The zero-order valence-corrected chi connectivity index (χ0v) is 8.47. The highest BCUT2D eigenvalue weighted by Gasteiger charge is 2.47. The monoisotopic (exact) mass is 234 g/mol. The van der Waals surface area contributed by atoms with Gasteiger partial charge in [0.1, 0.15) is 6.10 Å². The second-order valence-corrected chi connectivity index (χ2v) is 3.88. The van der Waals surface area contributed by atoms with Gasteiger partial charge in [0, 0.05) is 19.0 Å². The molecule has 1 heterocycles. The second-order valence-electron chi connectivity index (χ2n) is 3.52. The van der Waals surface area contributed by atoms with E-state index in [1.54, 1.807) is 0 Å². The molecule has 1 saturated carbocycles. The van der Waals surface area contributed by atoms with Gasteiger partial charge < -0.3 is 10.5 Å². The molecule has 0 amide bonds. The van der Waals surface area contributed by atoms with E-state index in [9.17, 15) is 8.78 Å². The molecule has 0 unspecified atom stereocenters. The van der Waals surface area contributed by atoms with E-state index in [1.165, 1.54) is 12.3 Å². The molecule has 0 spiro atoms. The Morgan fingerprint density at radius 2 is 2.20 bits per heavy atom. The highest BCUT2D eigenvalue weighted by Crippen LogP contribution is 2.41. The van der Waals surface area contributed by atoms with Gasteiger partial charge in [-0.05, 0) is 6.07 Å². The van der Waals surface area contributed by atoms with Crippen molar-refractivity contribution in [2.75, 3.05) is 5.73 Å². The summed E-state index contributed by atoms with van der Waals surface area (Å²) in [4.78, 5) is 3.76. The number of halogens is 3. The van der Waals surface area contributed by atoms with Crippen LogP contribution in [0.2, 0.25) is 5.15 Å². The SMILES string of the molecule is Nc1ccnc(Cl)c1OC1CC(F)(F)C1. The lowest BCUT2D eigenvalue weighted by molar-refractivity contribution is -0.134. The van der Waals surface area contributed by atoms with E-state index >= 15 is 0 Å². The van der Waals surface area contributed by atoms with Crippen molar-refractivity contribution in [2.24, 2.45) is 0 Å². The number of nitrogen functional groups attached to an aromatic ring is 1. The van der Waals surface area contributed by atoms with Gasteiger partial charge in [-0.2, -0.15) is 0 Å². The summed E-state index contributed by atoms with van der Waals surface area (Å²) in [6.07, 6.45) is 0.318. The number of hydrogen-bond acceptors (Lipinski definition) is 3. The first-order valence-electron chi connectivity index (χ1n) is 4.42. The summed E-state index contributed by atoms with van der Waals surface area (Å²) >= 11 is 5.72. The Morgan fingerprint density at radius 3 is 2.73 bits per heavy atom. The Balaban J connectivity index is 2.06. The molecule has 0 saturated heterocycles. The van der Waals surface area contributed by atoms with Crippen molar-refractivity contribution < 1.29 is 13.5 Å². The quantitative estimate of drug-likeness (QED) is 0.800. The molecule has 1 aliphatic carbocycles. The van der Waals surface area contributed by atoms with Gasteiger partial charge in [-0.3, -0.25) is 0 Å². The van der Waals surface area contributed by atoms with Gasteiger partial charge >= 0.3 is 0 Å². The lowest BCUT2D eigenvalue weighted by atomic mass is 9.91. The Morgan fingerprint density at radius 1 is 1.53 bits per heavy atom. The van der Waals surface area contributed by atoms with Gasteiger partial charge in [-0.15, -0.1) is 0 Å². The Kier molecular flexibility index (Phi) is 2.42. The third-order valence-electron chi connectivity index (χ3n) is 2.23. The third-order valence-corrected chi connectivity index (χ3v) is 2.50. The van der Waals surface area contributed by atoms with E-state index < -0.39 is 12.0 Å². The molecule has 0 aliphatic heterocycles. The zero-order valence-electron chi connectivity index (χ0n) is 7.71. The van der Waals surface area contributed by atoms with Crippen molar-refractivity contribution >= 4 is 17.3 Å². The maximum atomic E-state index is 12.5. The van der Waals surface area contributed by atoms with Gasteiger partial charge in [0.15, 0.2) is 10.9 Å². The summed E-state index contributed by atoms with van der Waals surface area (Å²) in [7, 11) is 0. The normalized spacial score (nSPS) is 19.7. The summed E-state index contributed by atoms with van der Waals surface area (Å²) in [5.74, 6) is -2.42. The van der Waals surface area contributed by atoms with Crippen molar-refractivity contribution in [1.82, 2.24) is 4.98 Å². The smallest absolute Gasteiger partial charge is 0.255 e. The van der Waals surface area contributed by atoms with Crippen LogP contribution in [-0.2, 0) is 0 Å². The fraction of sp³-hybridized carbons (Fsp3) is 0.444. The number of rotatable bonds is 2. The molecular formula is C9H9ClF2N2O. The average Bonchev–Trinajstić information content (AvgIpc) is 2.08. The molecule has 82 valence electrons. The molecule has 0 aromatic carbocycles. The molecule has 1 aromatic heterocycles. The van der Waals surface area contributed by atoms with Gasteiger partial charge in [0.05, 0.1) is 5.69 Å². The van der Waals surface area contributed by atoms with Crippen LogP contribution < -0.4 is 10.5 Å². The summed E-state index contributed by atoms with van der Waals surface area (Å²) < 4.78 is 30.3. The van der Waals surface area contributed by atoms with Crippen molar-refractivity contribution in [3.8, 4) is 5.75 Å². The first-order valence-corrected chi connectivity index (χ1v) is 4.80. The van der Waals surface area contributed by atoms with Crippen LogP contribution in [-0.4, -0.2) is 17.0 Å². The lowest BCUT2D eigenvalue weighted by Gasteiger charge is -2.35. The Bertz CT molecular complexity index is 358. The van der Waals surface area contributed by atoms with Gasteiger partial charge in [0.25, 0.3) is 5.92 Å². The summed E-state index contributed by atoms with van der Waals surface area (Å²) in [6.45, 7) is 0. The van der Waals surface area contributed by atoms with Crippen LogP contribution in [0.1, 0.15) is 12.8 Å². The van der Waals surface area contributed by atoms with E-state index in [0.717, 1.165) is 0 Å². The van der Waals surface area contributed by atoms with E-state index in [1.807, 2.05) is 0 Å². The van der Waals surface area contributed by atoms with Gasteiger partial charge in [-0.1, -0.05) is 11.6 Å². The molecule has 2 N–H and O–H groups in total. The van der Waals surface area contributed by atoms with Crippen molar-refractivity contribution in [1.29, 1.82) is 0 Å². The molecule has 1 fully saturated rings. The number of pyridine rings is 1. The van der Waals surface area contributed by atoms with Crippen molar-refractivity contribution in [3.63, 3.8) is 0 Å². The van der Waals surface area contributed by atoms with Crippen LogP contribution in [0.3, 0.4) is 0 Å². The van der Waals surface area contributed by atoms with Crippen LogP contribution >= 0.6 is 11.6 Å². The van der Waals surface area contributed by atoms with E-state index in [2.05, 4.69) is 4.98 Å². The number of nitrogens with zero attached hydrogens (tertiary/aromatic N) is 1. The van der Waals surface area contributed by atoms with Gasteiger partial charge in [-0.25, -0.2) is 13.8 Å². The fourth-order valence-corrected chi connectivity index (χ4v) is 1.62. The predicted molar refractivity (Wildman–Crippen MR) is 52.3 cm³/mol. The maximum absolute atomic E-state index is 12.5. The molecule has 0 atom stereocenters. The minimum absolute atomic E-state index is 0.102. The standard InChI is InChI=1S/C9H9ClF2N2O/c10-8-7(6(13)1-2-14-8)15-5-3-9(11,12)4-5/h1-2,5H,3-4H2,(H2,13,14). The van der Waals surface area contributed by atoms with Crippen LogP contribution in [0, 0.1) is 0 Å². The van der Waals surface area contributed by atoms with E-state index in [-0.39, 0.29) is 23.7 Å². The van der Waals surface area contributed by atoms with Crippen LogP contribution in [0.4, 0.5) is 14.5 Å². The number of alkyl halides is 2. The molecular weight excluding hydrogens is 226 g/mol. The fourth-order valence-electron chi connectivity index (χ4n) is 1.41. The Hall–Kier alpha value is -1.10. The van der Waals surface area contributed by atoms with Crippen LogP contribution in [0.25, 0.3) is 0 Å². The highest BCUT2D eigenvalue weighted by molar-refractivity contribution is 6.31. The number of nitrogens with two attached hydrogens (primary N) is 1. The summed E-state index contributed by atoms with van der Waals surface area (Å²) in [6, 6.07) is 1.51. The molecule has 6 heteroatoms. The van der Waals surface area contributed by atoms with E-state index in [4.69, 9.17) is 22.1 Å². The number of aromatic nitrogens is 1. The van der Waals surface area contributed by atoms with E-state index in [0.29, 0.717) is 5.69 Å². The molecule has 1 aromatic rings. The van der Waals surface area contributed by atoms with Gasteiger partial charge in [0.2, 0.25) is 0 Å². The van der Waals surface area contributed by atoms with Crippen molar-refractivity contribution in [2.45, 2.75) is 24.9 Å². The first kappa shape index (κ1) is 10.4. The lowest BCUT2D eigenvalue weighted by Crippen LogP contribution is -2.43. The molecule has 1 aliphatic rings. The third kappa shape index (κ3) is 2.12. The number of anilines is 1. The number of ether oxygens (including phenoxy) is 1. The summed E-state index contributed by atoms with van der Waals surface area (Å²) in [5, 5.41) is 0.102. The maximum Gasteiger partial charge on any atom is 0.255 e. The molecule has 0 bridgehead atoms. The Labute approximate surface area is 90.2 Å². The number of hydrogen-bond donors (Lipinski definition) is 1. The molecule has 15 heavy (non-hydrogen) atoms. The summed E-state index contributed by atoms with van der Waals surface area (Å²) in [5.41, 5.74) is 5.89.